The third-order valence-corrected chi connectivity index (χ3v) is 4.44. The van der Waals surface area contributed by atoms with E-state index < -0.39 is 30.0 Å². The second kappa shape index (κ2) is 11.6. The number of nitrogens with one attached hydrogen (secondary N) is 3. The van der Waals surface area contributed by atoms with Crippen LogP contribution in [0.5, 0.6) is 0 Å². The van der Waals surface area contributed by atoms with Gasteiger partial charge in [0.1, 0.15) is 5.69 Å². The average Bonchev–Trinajstić information content (AvgIpc) is 2.64. The van der Waals surface area contributed by atoms with E-state index in [2.05, 4.69) is 25.9 Å². The SMILES string of the molecule is CCN[C@@H](CO)[C@@H](O)Cc1cnc(C(O)(NCC)[C@@H](NCC)[C@H](C)O)cn1. The van der Waals surface area contributed by atoms with Gasteiger partial charge in [-0.25, -0.2) is 0 Å². The van der Waals surface area contributed by atoms with Gasteiger partial charge in [-0.2, -0.15) is 0 Å². The molecule has 0 bridgehead atoms. The molecule has 1 aromatic heterocycles. The van der Waals surface area contributed by atoms with E-state index in [1.54, 1.807) is 6.92 Å². The van der Waals surface area contributed by atoms with Gasteiger partial charge in [-0.3, -0.25) is 15.3 Å². The molecular weight excluding hydrogens is 350 g/mol. The highest BCUT2D eigenvalue weighted by atomic mass is 16.3. The third-order valence-electron chi connectivity index (χ3n) is 4.44. The number of nitrogens with zero attached hydrogens (tertiary/aromatic N) is 2. The molecule has 7 N–H and O–H groups in total. The quantitative estimate of drug-likeness (QED) is 0.201. The molecule has 5 atom stereocenters. The van der Waals surface area contributed by atoms with Crippen LogP contribution in [0.2, 0.25) is 0 Å². The maximum Gasteiger partial charge on any atom is 0.178 e. The predicted molar refractivity (Wildman–Crippen MR) is 103 cm³/mol. The molecule has 1 aromatic rings. The lowest BCUT2D eigenvalue weighted by Crippen LogP contribution is -2.62. The van der Waals surface area contributed by atoms with Crippen LogP contribution in [0.4, 0.5) is 0 Å². The Labute approximate surface area is 161 Å². The molecule has 0 aromatic carbocycles. The van der Waals surface area contributed by atoms with Gasteiger partial charge in [0.25, 0.3) is 0 Å². The van der Waals surface area contributed by atoms with Gasteiger partial charge in [-0.1, -0.05) is 20.8 Å². The fraction of sp³-hybridized carbons (Fsp3) is 0.778. The monoisotopic (exact) mass is 385 g/mol. The van der Waals surface area contributed by atoms with Crippen LogP contribution in [0.15, 0.2) is 12.4 Å². The van der Waals surface area contributed by atoms with Crippen molar-refractivity contribution in [1.82, 2.24) is 25.9 Å². The maximum atomic E-state index is 11.2. The first kappa shape index (κ1) is 23.8. The Bertz CT molecular complexity index is 531. The van der Waals surface area contributed by atoms with Crippen molar-refractivity contribution in [2.24, 2.45) is 0 Å². The molecule has 9 nitrogen and oxygen atoms in total. The zero-order chi connectivity index (χ0) is 20.4. The van der Waals surface area contributed by atoms with Gasteiger partial charge >= 0.3 is 0 Å². The highest BCUT2D eigenvalue weighted by molar-refractivity contribution is 5.15. The first-order valence-corrected chi connectivity index (χ1v) is 9.56. The van der Waals surface area contributed by atoms with Crippen LogP contribution >= 0.6 is 0 Å². The second-order valence-corrected chi connectivity index (χ2v) is 6.58. The van der Waals surface area contributed by atoms with E-state index >= 15 is 0 Å². The number of likely N-dealkylation sites (N-methyl/N-ethyl adjacent to an activating group) is 3. The van der Waals surface area contributed by atoms with Crippen molar-refractivity contribution >= 4 is 0 Å². The van der Waals surface area contributed by atoms with Gasteiger partial charge in [0, 0.05) is 12.6 Å². The van der Waals surface area contributed by atoms with Crippen LogP contribution in [0.3, 0.4) is 0 Å². The first-order chi connectivity index (χ1) is 12.8. The minimum absolute atomic E-state index is 0.181. The Morgan fingerprint density at radius 3 is 2.15 bits per heavy atom. The van der Waals surface area contributed by atoms with Crippen LogP contribution in [0.25, 0.3) is 0 Å². The Kier molecular flexibility index (Phi) is 10.2. The Hall–Kier alpha value is -1.20. The number of aliphatic hydroxyl groups excluding tert-OH is 3. The molecule has 0 fully saturated rings. The van der Waals surface area contributed by atoms with Gasteiger partial charge in [0.15, 0.2) is 5.72 Å². The van der Waals surface area contributed by atoms with E-state index in [0.717, 1.165) is 0 Å². The molecule has 1 rings (SSSR count). The molecule has 0 aliphatic rings. The van der Waals surface area contributed by atoms with Gasteiger partial charge < -0.3 is 31.1 Å². The van der Waals surface area contributed by atoms with Gasteiger partial charge in [0.05, 0.1) is 42.8 Å². The lowest BCUT2D eigenvalue weighted by molar-refractivity contribution is -0.0743. The van der Waals surface area contributed by atoms with Crippen LogP contribution in [0, 0.1) is 0 Å². The number of hydrogen-bond acceptors (Lipinski definition) is 9. The molecule has 0 saturated heterocycles. The molecule has 1 heterocycles. The largest absolute Gasteiger partial charge is 0.395 e. The molecule has 0 aliphatic heterocycles. The molecular formula is C18H35N5O4. The summed E-state index contributed by atoms with van der Waals surface area (Å²) in [7, 11) is 0. The Morgan fingerprint density at radius 1 is 1.04 bits per heavy atom. The molecule has 0 amide bonds. The van der Waals surface area contributed by atoms with Crippen LogP contribution < -0.4 is 16.0 Å². The minimum Gasteiger partial charge on any atom is -0.395 e. The van der Waals surface area contributed by atoms with Crippen LogP contribution in [0.1, 0.15) is 39.1 Å². The first-order valence-electron chi connectivity index (χ1n) is 9.56. The highest BCUT2D eigenvalue weighted by Crippen LogP contribution is 2.22. The molecule has 0 saturated carbocycles. The number of rotatable bonds is 13. The van der Waals surface area contributed by atoms with Crippen LogP contribution in [-0.2, 0) is 12.1 Å². The minimum atomic E-state index is -1.60. The summed E-state index contributed by atoms with van der Waals surface area (Å²) in [4.78, 5) is 8.62. The third kappa shape index (κ3) is 6.42. The summed E-state index contributed by atoms with van der Waals surface area (Å²) in [6.07, 6.45) is 1.51. The molecule has 27 heavy (non-hydrogen) atoms. The summed E-state index contributed by atoms with van der Waals surface area (Å²) in [6, 6.07) is -1.12. The van der Waals surface area contributed by atoms with Crippen LogP contribution in [-0.4, -0.2) is 80.9 Å². The van der Waals surface area contributed by atoms with Gasteiger partial charge in [0.2, 0.25) is 0 Å². The Morgan fingerprint density at radius 2 is 1.70 bits per heavy atom. The van der Waals surface area contributed by atoms with Crippen molar-refractivity contribution in [3.05, 3.63) is 23.8 Å². The number of hydrogen-bond donors (Lipinski definition) is 7. The fourth-order valence-electron chi connectivity index (χ4n) is 3.11. The maximum absolute atomic E-state index is 11.2. The summed E-state index contributed by atoms with van der Waals surface area (Å²) in [5, 5.41) is 50.0. The zero-order valence-corrected chi connectivity index (χ0v) is 16.7. The van der Waals surface area contributed by atoms with Crippen molar-refractivity contribution < 1.29 is 20.4 Å². The summed E-state index contributed by atoms with van der Waals surface area (Å²) in [5.74, 6) is 0. The van der Waals surface area contributed by atoms with Crippen molar-refractivity contribution in [3.8, 4) is 0 Å². The van der Waals surface area contributed by atoms with E-state index in [9.17, 15) is 20.4 Å². The molecule has 1 unspecified atom stereocenters. The molecule has 0 aliphatic carbocycles. The normalized spacial score (nSPS) is 18.5. The molecule has 0 spiro atoms. The highest BCUT2D eigenvalue weighted by Gasteiger charge is 2.41. The van der Waals surface area contributed by atoms with Crippen molar-refractivity contribution in [1.29, 1.82) is 0 Å². The average molecular weight is 386 g/mol. The van der Waals surface area contributed by atoms with E-state index in [-0.39, 0.29) is 18.7 Å². The second-order valence-electron chi connectivity index (χ2n) is 6.58. The number of aromatic nitrogens is 2. The van der Waals surface area contributed by atoms with Crippen molar-refractivity contribution in [2.45, 2.75) is 64.1 Å². The van der Waals surface area contributed by atoms with Gasteiger partial charge in [-0.15, -0.1) is 0 Å². The summed E-state index contributed by atoms with van der Waals surface area (Å²) < 4.78 is 0. The summed E-state index contributed by atoms with van der Waals surface area (Å²) in [5.41, 5.74) is -0.779. The number of aliphatic hydroxyl groups is 4. The molecule has 0 radical (unpaired) electrons. The van der Waals surface area contributed by atoms with E-state index in [1.807, 2.05) is 20.8 Å². The predicted octanol–water partition coefficient (Wildman–Crippen LogP) is -1.54. The summed E-state index contributed by atoms with van der Waals surface area (Å²) >= 11 is 0. The fourth-order valence-corrected chi connectivity index (χ4v) is 3.11. The molecule has 9 heteroatoms. The lowest BCUT2D eigenvalue weighted by atomic mass is 9.95. The van der Waals surface area contributed by atoms with E-state index in [0.29, 0.717) is 25.3 Å². The van der Waals surface area contributed by atoms with E-state index in [1.165, 1.54) is 12.4 Å². The topological polar surface area (TPSA) is 143 Å². The van der Waals surface area contributed by atoms with E-state index in [4.69, 9.17) is 0 Å². The summed E-state index contributed by atoms with van der Waals surface area (Å²) in [6.45, 7) is 8.72. The Balaban J connectivity index is 3.01. The van der Waals surface area contributed by atoms with Gasteiger partial charge in [-0.05, 0) is 26.6 Å². The van der Waals surface area contributed by atoms with Crippen molar-refractivity contribution in [3.63, 3.8) is 0 Å². The smallest absolute Gasteiger partial charge is 0.178 e. The molecule has 156 valence electrons. The lowest BCUT2D eigenvalue weighted by Gasteiger charge is -2.38. The standard InChI is InChI=1S/C18H35N5O4/c1-5-19-14(11-24)15(26)8-13-9-22-16(10-21-13)18(27,23-7-3)17(12(4)25)20-6-2/h9-10,12,14-15,17,19-20,23-27H,5-8,11H2,1-4H3/t12-,14-,15-,17-,18?/m0/s1. The zero-order valence-electron chi connectivity index (χ0n) is 16.7. The van der Waals surface area contributed by atoms with Crippen molar-refractivity contribution in [2.75, 3.05) is 26.2 Å².